The summed E-state index contributed by atoms with van der Waals surface area (Å²) in [6.07, 6.45) is 0. The average Bonchev–Trinajstić information content (AvgIpc) is 2.69. The number of hydrogen-bond acceptors (Lipinski definition) is 5. The number of hydrogen-bond donors (Lipinski definition) is 2. The Morgan fingerprint density at radius 3 is 2.35 bits per heavy atom. The zero-order chi connectivity index (χ0) is 22.8. The van der Waals surface area contributed by atoms with E-state index in [0.717, 1.165) is 5.56 Å². The second kappa shape index (κ2) is 8.57. The van der Waals surface area contributed by atoms with Crippen molar-refractivity contribution in [2.45, 2.75) is 25.7 Å². The zero-order valence-electron chi connectivity index (χ0n) is 17.2. The second-order valence-corrected chi connectivity index (χ2v) is 8.80. The highest BCUT2D eigenvalue weighted by atomic mass is 32.2. The molecule has 0 aliphatic carbocycles. The maximum atomic E-state index is 12.9. The minimum Gasteiger partial charge on any atom is -0.321 e. The number of benzene rings is 3. The lowest BCUT2D eigenvalue weighted by Crippen LogP contribution is -2.17. The molecule has 0 fully saturated rings. The quantitative estimate of drug-likeness (QED) is 0.431. The van der Waals surface area contributed by atoms with Crippen LogP contribution >= 0.6 is 0 Å². The minimum atomic E-state index is -3.92. The van der Waals surface area contributed by atoms with Crippen molar-refractivity contribution < 1.29 is 18.1 Å². The first-order chi connectivity index (χ1) is 14.6. The summed E-state index contributed by atoms with van der Waals surface area (Å²) in [4.78, 5) is 23.4. The molecule has 0 unspecified atom stereocenters. The van der Waals surface area contributed by atoms with Crippen molar-refractivity contribution in [2.24, 2.45) is 0 Å². The zero-order valence-corrected chi connectivity index (χ0v) is 18.0. The van der Waals surface area contributed by atoms with E-state index in [-0.39, 0.29) is 21.8 Å². The highest BCUT2D eigenvalue weighted by molar-refractivity contribution is 7.92. The molecule has 3 aromatic rings. The summed E-state index contributed by atoms with van der Waals surface area (Å²) in [5, 5.41) is 13.8. The van der Waals surface area contributed by atoms with E-state index in [1.807, 2.05) is 13.0 Å². The van der Waals surface area contributed by atoms with Gasteiger partial charge in [0, 0.05) is 17.3 Å². The maximum Gasteiger partial charge on any atom is 0.274 e. The number of nitro groups is 1. The summed E-state index contributed by atoms with van der Waals surface area (Å²) >= 11 is 0. The molecule has 9 heteroatoms. The van der Waals surface area contributed by atoms with E-state index < -0.39 is 20.9 Å². The molecule has 0 bridgehead atoms. The third-order valence-corrected chi connectivity index (χ3v) is 6.16. The van der Waals surface area contributed by atoms with E-state index in [4.69, 9.17) is 0 Å². The lowest BCUT2D eigenvalue weighted by atomic mass is 10.1. The Morgan fingerprint density at radius 2 is 1.68 bits per heavy atom. The molecular formula is C22H21N3O5S. The van der Waals surface area contributed by atoms with Crippen molar-refractivity contribution in [1.29, 1.82) is 0 Å². The molecule has 31 heavy (non-hydrogen) atoms. The Kier molecular flexibility index (Phi) is 6.07. The Morgan fingerprint density at radius 1 is 0.968 bits per heavy atom. The van der Waals surface area contributed by atoms with Crippen LogP contribution in [-0.2, 0) is 10.0 Å². The number of nitrogens with one attached hydrogen (secondary N) is 2. The summed E-state index contributed by atoms with van der Waals surface area (Å²) in [7, 11) is -3.92. The van der Waals surface area contributed by atoms with Gasteiger partial charge in [0.25, 0.3) is 21.6 Å². The molecule has 160 valence electrons. The topological polar surface area (TPSA) is 118 Å². The van der Waals surface area contributed by atoms with Crippen molar-refractivity contribution in [2.75, 3.05) is 10.0 Å². The van der Waals surface area contributed by atoms with Gasteiger partial charge in [-0.25, -0.2) is 8.42 Å². The van der Waals surface area contributed by atoms with Crippen LogP contribution in [0.5, 0.6) is 0 Å². The Labute approximate surface area is 180 Å². The van der Waals surface area contributed by atoms with E-state index in [0.29, 0.717) is 16.8 Å². The van der Waals surface area contributed by atoms with Crippen LogP contribution in [-0.4, -0.2) is 19.2 Å². The van der Waals surface area contributed by atoms with E-state index in [1.54, 1.807) is 37.3 Å². The summed E-state index contributed by atoms with van der Waals surface area (Å²) < 4.78 is 28.1. The molecule has 0 heterocycles. The Hall–Kier alpha value is -3.72. The number of amides is 1. The van der Waals surface area contributed by atoms with Gasteiger partial charge in [-0.2, -0.15) is 0 Å². The van der Waals surface area contributed by atoms with Crippen molar-refractivity contribution in [3.8, 4) is 0 Å². The van der Waals surface area contributed by atoms with E-state index in [9.17, 15) is 23.3 Å². The third-order valence-electron chi connectivity index (χ3n) is 4.78. The molecule has 3 aromatic carbocycles. The van der Waals surface area contributed by atoms with Crippen LogP contribution < -0.4 is 10.0 Å². The molecule has 0 aromatic heterocycles. The standard InChI is InChI=1S/C22H21N3O5S/c1-14-6-4-7-17(12-14)24-31(29,30)18-11-10-15(2)19(13-18)22(26)23-20-8-5-9-21(16(20)3)25(27)28/h4-13,24H,1-3H3,(H,23,26). The fourth-order valence-electron chi connectivity index (χ4n) is 3.08. The molecule has 3 rings (SSSR count). The number of nitro benzene ring substituents is 1. The van der Waals surface area contributed by atoms with Crippen LogP contribution in [0.4, 0.5) is 17.1 Å². The summed E-state index contributed by atoms with van der Waals surface area (Å²) in [6.45, 7) is 5.06. The predicted molar refractivity (Wildman–Crippen MR) is 119 cm³/mol. The number of carbonyl (C=O) groups is 1. The number of sulfonamides is 1. The van der Waals surface area contributed by atoms with E-state index in [1.165, 1.54) is 31.2 Å². The van der Waals surface area contributed by atoms with Gasteiger partial charge in [-0.1, -0.05) is 24.3 Å². The van der Waals surface area contributed by atoms with Crippen LogP contribution in [0.25, 0.3) is 0 Å². The summed E-state index contributed by atoms with van der Waals surface area (Å²) in [5.74, 6) is -0.561. The molecule has 1 amide bonds. The van der Waals surface area contributed by atoms with Gasteiger partial charge in [-0.15, -0.1) is 0 Å². The average molecular weight is 439 g/mol. The molecule has 2 N–H and O–H groups in total. The minimum absolute atomic E-state index is 0.0690. The normalized spacial score (nSPS) is 11.1. The molecule has 0 aliphatic heterocycles. The van der Waals surface area contributed by atoms with Crippen LogP contribution in [0.3, 0.4) is 0 Å². The second-order valence-electron chi connectivity index (χ2n) is 7.11. The highest BCUT2D eigenvalue weighted by Crippen LogP contribution is 2.26. The van der Waals surface area contributed by atoms with Gasteiger partial charge in [0.05, 0.1) is 21.1 Å². The summed E-state index contributed by atoms with van der Waals surface area (Å²) in [5.41, 5.74) is 2.50. The van der Waals surface area contributed by atoms with Gasteiger partial charge < -0.3 is 5.32 Å². The Bertz CT molecular complexity index is 1290. The van der Waals surface area contributed by atoms with Crippen LogP contribution in [0.2, 0.25) is 0 Å². The smallest absolute Gasteiger partial charge is 0.274 e. The maximum absolute atomic E-state index is 12.9. The first-order valence-electron chi connectivity index (χ1n) is 9.34. The number of rotatable bonds is 6. The van der Waals surface area contributed by atoms with Gasteiger partial charge in [0.15, 0.2) is 0 Å². The molecule has 0 atom stereocenters. The molecule has 0 aliphatic rings. The van der Waals surface area contributed by atoms with Gasteiger partial charge in [-0.05, 0) is 62.2 Å². The van der Waals surface area contributed by atoms with Gasteiger partial charge in [0.1, 0.15) is 0 Å². The molecule has 0 saturated carbocycles. The van der Waals surface area contributed by atoms with E-state index >= 15 is 0 Å². The fraction of sp³-hybridized carbons (Fsp3) is 0.136. The predicted octanol–water partition coefficient (Wildman–Crippen LogP) is 4.57. The number of nitrogens with zero attached hydrogens (tertiary/aromatic N) is 1. The van der Waals surface area contributed by atoms with Crippen molar-refractivity contribution in [3.05, 3.63) is 93.0 Å². The van der Waals surface area contributed by atoms with Crippen molar-refractivity contribution in [1.82, 2.24) is 0 Å². The van der Waals surface area contributed by atoms with Gasteiger partial charge in [0.2, 0.25) is 0 Å². The molecule has 8 nitrogen and oxygen atoms in total. The highest BCUT2D eigenvalue weighted by Gasteiger charge is 2.20. The van der Waals surface area contributed by atoms with Crippen LogP contribution in [0.1, 0.15) is 27.0 Å². The summed E-state index contributed by atoms with van der Waals surface area (Å²) in [6, 6.07) is 15.5. The lowest BCUT2D eigenvalue weighted by molar-refractivity contribution is -0.385. The number of aryl methyl sites for hydroxylation is 2. The van der Waals surface area contributed by atoms with Crippen LogP contribution in [0, 0.1) is 30.9 Å². The Balaban J connectivity index is 1.91. The SMILES string of the molecule is Cc1cccc(NS(=O)(=O)c2ccc(C)c(C(=O)Nc3cccc([N+](=O)[O-])c3C)c2)c1. The third kappa shape index (κ3) is 4.89. The fourth-order valence-corrected chi connectivity index (χ4v) is 4.16. The van der Waals surface area contributed by atoms with Gasteiger partial charge >= 0.3 is 0 Å². The van der Waals surface area contributed by atoms with Crippen LogP contribution in [0.15, 0.2) is 65.6 Å². The van der Waals surface area contributed by atoms with Gasteiger partial charge in [-0.3, -0.25) is 19.6 Å². The largest absolute Gasteiger partial charge is 0.321 e. The molecule has 0 radical (unpaired) electrons. The molecule has 0 saturated heterocycles. The first kappa shape index (κ1) is 22.0. The lowest BCUT2D eigenvalue weighted by Gasteiger charge is -2.13. The van der Waals surface area contributed by atoms with Crippen molar-refractivity contribution in [3.63, 3.8) is 0 Å². The monoisotopic (exact) mass is 439 g/mol. The van der Waals surface area contributed by atoms with E-state index in [2.05, 4.69) is 10.0 Å². The number of anilines is 2. The number of carbonyl (C=O) groups excluding carboxylic acids is 1. The molecule has 0 spiro atoms. The first-order valence-corrected chi connectivity index (χ1v) is 10.8. The molecular weight excluding hydrogens is 418 g/mol. The van der Waals surface area contributed by atoms with Crippen molar-refractivity contribution >= 4 is 33.0 Å².